The lowest BCUT2D eigenvalue weighted by molar-refractivity contribution is 0.621. The number of hydrogen-bond donors (Lipinski definition) is 0. The van der Waals surface area contributed by atoms with E-state index in [1.165, 1.54) is 72.8 Å². The van der Waals surface area contributed by atoms with Crippen molar-refractivity contribution >= 4 is 0 Å². The highest BCUT2D eigenvalue weighted by molar-refractivity contribution is 5.56. The standard InChI is InChI=1S/C20H12F3N/c21-17-7-1-14(2-8-17)20(13-24,15-3-9-18(22)10-4-15)16-5-11-19(23)12-6-16/h1-12H. The first-order chi connectivity index (χ1) is 11.6. The van der Waals surface area contributed by atoms with Crippen LogP contribution < -0.4 is 0 Å². The van der Waals surface area contributed by atoms with E-state index in [0.29, 0.717) is 16.7 Å². The summed E-state index contributed by atoms with van der Waals surface area (Å²) in [6.45, 7) is 0. The highest BCUT2D eigenvalue weighted by Gasteiger charge is 2.36. The third kappa shape index (κ3) is 2.65. The maximum atomic E-state index is 13.3. The van der Waals surface area contributed by atoms with Gasteiger partial charge in [-0.1, -0.05) is 36.4 Å². The SMILES string of the molecule is N#CC(c1ccc(F)cc1)(c1ccc(F)cc1)c1ccc(F)cc1. The zero-order valence-electron chi connectivity index (χ0n) is 12.5. The van der Waals surface area contributed by atoms with Crippen LogP contribution in [-0.4, -0.2) is 0 Å². The molecule has 24 heavy (non-hydrogen) atoms. The summed E-state index contributed by atoms with van der Waals surface area (Å²) < 4.78 is 39.9. The molecular weight excluding hydrogens is 311 g/mol. The molecule has 3 aromatic rings. The second-order valence-electron chi connectivity index (χ2n) is 5.38. The lowest BCUT2D eigenvalue weighted by Crippen LogP contribution is -2.27. The average molecular weight is 323 g/mol. The van der Waals surface area contributed by atoms with E-state index >= 15 is 0 Å². The molecule has 0 unspecified atom stereocenters. The Labute approximate surface area is 137 Å². The number of nitriles is 1. The lowest BCUT2D eigenvalue weighted by atomic mass is 9.70. The minimum atomic E-state index is -1.30. The first-order valence-corrected chi connectivity index (χ1v) is 7.25. The Balaban J connectivity index is 2.30. The fourth-order valence-electron chi connectivity index (χ4n) is 2.79. The van der Waals surface area contributed by atoms with E-state index in [1.54, 1.807) is 0 Å². The van der Waals surface area contributed by atoms with Crippen LogP contribution in [0, 0.1) is 28.8 Å². The Bertz CT molecular complexity index is 765. The van der Waals surface area contributed by atoms with Gasteiger partial charge in [-0.15, -0.1) is 0 Å². The Morgan fingerprint density at radius 1 is 0.542 bits per heavy atom. The molecule has 0 spiro atoms. The summed E-state index contributed by atoms with van der Waals surface area (Å²) in [7, 11) is 0. The van der Waals surface area contributed by atoms with E-state index in [-0.39, 0.29) is 0 Å². The van der Waals surface area contributed by atoms with E-state index in [1.807, 2.05) is 0 Å². The predicted octanol–water partition coefficient (Wildman–Crippen LogP) is 4.96. The molecule has 0 heterocycles. The molecule has 118 valence electrons. The first-order valence-electron chi connectivity index (χ1n) is 7.25. The van der Waals surface area contributed by atoms with Crippen molar-refractivity contribution in [1.82, 2.24) is 0 Å². The molecule has 0 N–H and O–H groups in total. The fraction of sp³-hybridized carbons (Fsp3) is 0.0500. The monoisotopic (exact) mass is 323 g/mol. The van der Waals surface area contributed by atoms with Crippen LogP contribution in [0.1, 0.15) is 16.7 Å². The number of hydrogen-bond acceptors (Lipinski definition) is 1. The van der Waals surface area contributed by atoms with Crippen molar-refractivity contribution in [2.45, 2.75) is 5.41 Å². The maximum absolute atomic E-state index is 13.3. The molecule has 0 bridgehead atoms. The van der Waals surface area contributed by atoms with Gasteiger partial charge < -0.3 is 0 Å². The number of rotatable bonds is 3. The van der Waals surface area contributed by atoms with Crippen LogP contribution >= 0.6 is 0 Å². The van der Waals surface area contributed by atoms with Gasteiger partial charge in [0.2, 0.25) is 0 Å². The molecule has 0 saturated carbocycles. The molecular formula is C20H12F3N. The largest absolute Gasteiger partial charge is 0.207 e. The van der Waals surface area contributed by atoms with Crippen molar-refractivity contribution in [2.24, 2.45) is 0 Å². The van der Waals surface area contributed by atoms with Gasteiger partial charge in [0.25, 0.3) is 0 Å². The Morgan fingerprint density at radius 2 is 0.792 bits per heavy atom. The summed E-state index contributed by atoms with van der Waals surface area (Å²) in [5.74, 6) is -1.28. The number of nitrogens with zero attached hydrogens (tertiary/aromatic N) is 1. The number of benzene rings is 3. The summed E-state index contributed by atoms with van der Waals surface area (Å²) in [6, 6.07) is 18.8. The van der Waals surface area contributed by atoms with Crippen molar-refractivity contribution in [2.75, 3.05) is 0 Å². The summed E-state index contributed by atoms with van der Waals surface area (Å²) in [6.07, 6.45) is 0. The minimum Gasteiger partial charge on any atom is -0.207 e. The van der Waals surface area contributed by atoms with Crippen LogP contribution in [0.15, 0.2) is 72.8 Å². The predicted molar refractivity (Wildman–Crippen MR) is 84.7 cm³/mol. The van der Waals surface area contributed by atoms with Crippen LogP contribution in [0.3, 0.4) is 0 Å². The molecule has 0 radical (unpaired) electrons. The highest BCUT2D eigenvalue weighted by Crippen LogP contribution is 2.38. The van der Waals surface area contributed by atoms with Crippen LogP contribution in [0.5, 0.6) is 0 Å². The zero-order chi connectivity index (χ0) is 17.2. The third-order valence-corrected chi connectivity index (χ3v) is 4.00. The Morgan fingerprint density at radius 3 is 1.00 bits per heavy atom. The third-order valence-electron chi connectivity index (χ3n) is 4.00. The van der Waals surface area contributed by atoms with Crippen molar-refractivity contribution in [3.8, 4) is 6.07 Å². The van der Waals surface area contributed by atoms with E-state index in [9.17, 15) is 18.4 Å². The van der Waals surface area contributed by atoms with E-state index in [0.717, 1.165) is 0 Å². The van der Waals surface area contributed by atoms with Gasteiger partial charge in [0.15, 0.2) is 0 Å². The molecule has 4 heteroatoms. The first kappa shape index (κ1) is 15.8. The van der Waals surface area contributed by atoms with Crippen LogP contribution in [-0.2, 0) is 5.41 Å². The lowest BCUT2D eigenvalue weighted by Gasteiger charge is -2.28. The average Bonchev–Trinajstić information content (AvgIpc) is 2.60. The van der Waals surface area contributed by atoms with Crippen LogP contribution in [0.25, 0.3) is 0 Å². The molecule has 3 aromatic carbocycles. The van der Waals surface area contributed by atoms with Gasteiger partial charge in [-0.3, -0.25) is 0 Å². The van der Waals surface area contributed by atoms with Crippen molar-refractivity contribution in [3.63, 3.8) is 0 Å². The highest BCUT2D eigenvalue weighted by atomic mass is 19.1. The van der Waals surface area contributed by atoms with E-state index in [4.69, 9.17) is 0 Å². The van der Waals surface area contributed by atoms with Gasteiger partial charge in [0.05, 0.1) is 6.07 Å². The topological polar surface area (TPSA) is 23.8 Å². The van der Waals surface area contributed by atoms with Crippen LogP contribution in [0.4, 0.5) is 13.2 Å². The second kappa shape index (κ2) is 6.21. The fourth-order valence-corrected chi connectivity index (χ4v) is 2.79. The molecule has 0 fully saturated rings. The molecule has 0 amide bonds. The quantitative estimate of drug-likeness (QED) is 0.625. The summed E-state index contributed by atoms with van der Waals surface area (Å²) >= 11 is 0. The molecule has 3 rings (SSSR count). The molecule has 0 saturated heterocycles. The molecule has 0 aliphatic carbocycles. The van der Waals surface area contributed by atoms with Gasteiger partial charge in [0, 0.05) is 0 Å². The van der Waals surface area contributed by atoms with Gasteiger partial charge in [0.1, 0.15) is 22.9 Å². The van der Waals surface area contributed by atoms with Gasteiger partial charge in [-0.25, -0.2) is 13.2 Å². The van der Waals surface area contributed by atoms with E-state index in [2.05, 4.69) is 6.07 Å². The summed E-state index contributed by atoms with van der Waals surface area (Å²) in [5, 5.41) is 10.0. The van der Waals surface area contributed by atoms with Crippen LogP contribution in [0.2, 0.25) is 0 Å². The Hall–Kier alpha value is -3.06. The van der Waals surface area contributed by atoms with Crippen molar-refractivity contribution in [1.29, 1.82) is 5.26 Å². The number of halogens is 3. The molecule has 1 nitrogen and oxygen atoms in total. The Kier molecular flexibility index (Phi) is 4.09. The summed E-state index contributed by atoms with van der Waals surface area (Å²) in [4.78, 5) is 0. The minimum absolute atomic E-state index is 0.427. The molecule has 0 aromatic heterocycles. The zero-order valence-corrected chi connectivity index (χ0v) is 12.5. The summed E-state index contributed by atoms with van der Waals surface area (Å²) in [5.41, 5.74) is 0.258. The van der Waals surface area contributed by atoms with Gasteiger partial charge in [-0.05, 0) is 53.1 Å². The second-order valence-corrected chi connectivity index (χ2v) is 5.38. The van der Waals surface area contributed by atoms with Crippen molar-refractivity contribution < 1.29 is 13.2 Å². The molecule has 0 aliphatic heterocycles. The smallest absolute Gasteiger partial charge is 0.132 e. The molecule has 0 atom stereocenters. The van der Waals surface area contributed by atoms with Gasteiger partial charge in [-0.2, -0.15) is 5.26 Å². The van der Waals surface area contributed by atoms with E-state index < -0.39 is 22.9 Å². The normalized spacial score (nSPS) is 11.1. The van der Waals surface area contributed by atoms with Crippen molar-refractivity contribution in [3.05, 3.63) is 107 Å². The maximum Gasteiger partial charge on any atom is 0.132 e. The van der Waals surface area contributed by atoms with Gasteiger partial charge >= 0.3 is 0 Å². The molecule has 0 aliphatic rings.